The highest BCUT2D eigenvalue weighted by molar-refractivity contribution is 9.10. The molecule has 0 atom stereocenters. The van der Waals surface area contributed by atoms with Gasteiger partial charge in [0.1, 0.15) is 5.60 Å². The van der Waals surface area contributed by atoms with Gasteiger partial charge in [0.2, 0.25) is 0 Å². The fourth-order valence-electron chi connectivity index (χ4n) is 3.65. The number of benzene rings is 2. The number of oxime groups is 1. The standard InChI is InChI=1S/C20H19BrCl2N2O/c21-16-10-14(11-17(22)19(16)23)13-25-8-6-20(7-9-25)12-18(24-26-20)15-4-2-1-3-5-15/h1-5,10-11H,6-9,12-13H2. The van der Waals surface area contributed by atoms with Crippen molar-refractivity contribution in [2.24, 2.45) is 5.16 Å². The number of nitrogens with zero attached hydrogens (tertiary/aromatic N) is 2. The first kappa shape index (κ1) is 18.3. The van der Waals surface area contributed by atoms with Crippen molar-refractivity contribution < 1.29 is 4.84 Å². The summed E-state index contributed by atoms with van der Waals surface area (Å²) in [6, 6.07) is 14.3. The molecule has 1 spiro atoms. The molecule has 0 N–H and O–H groups in total. The van der Waals surface area contributed by atoms with E-state index in [1.165, 1.54) is 0 Å². The van der Waals surface area contributed by atoms with Gasteiger partial charge in [-0.15, -0.1) is 0 Å². The average Bonchev–Trinajstić information content (AvgIpc) is 3.06. The molecule has 2 aliphatic heterocycles. The van der Waals surface area contributed by atoms with Crippen LogP contribution in [-0.4, -0.2) is 29.3 Å². The molecule has 0 radical (unpaired) electrons. The summed E-state index contributed by atoms with van der Waals surface area (Å²) in [6.07, 6.45) is 2.85. The van der Waals surface area contributed by atoms with Gasteiger partial charge >= 0.3 is 0 Å². The predicted molar refractivity (Wildman–Crippen MR) is 110 cm³/mol. The quantitative estimate of drug-likeness (QED) is 0.539. The van der Waals surface area contributed by atoms with E-state index in [1.807, 2.05) is 30.3 Å². The van der Waals surface area contributed by atoms with Crippen LogP contribution in [0.15, 0.2) is 52.1 Å². The van der Waals surface area contributed by atoms with Crippen molar-refractivity contribution in [3.05, 3.63) is 68.1 Å². The van der Waals surface area contributed by atoms with E-state index in [1.54, 1.807) is 0 Å². The van der Waals surface area contributed by atoms with Gasteiger partial charge in [-0.1, -0.05) is 58.7 Å². The van der Waals surface area contributed by atoms with Crippen LogP contribution in [0.5, 0.6) is 0 Å². The molecule has 4 rings (SSSR count). The zero-order chi connectivity index (χ0) is 18.1. The zero-order valence-electron chi connectivity index (χ0n) is 14.2. The van der Waals surface area contributed by atoms with E-state index < -0.39 is 0 Å². The van der Waals surface area contributed by atoms with E-state index in [-0.39, 0.29) is 5.60 Å². The molecule has 0 unspecified atom stereocenters. The lowest BCUT2D eigenvalue weighted by molar-refractivity contribution is -0.0627. The molecule has 2 aliphatic rings. The molecule has 0 amide bonds. The Morgan fingerprint density at radius 3 is 2.54 bits per heavy atom. The topological polar surface area (TPSA) is 24.8 Å². The molecule has 2 aromatic carbocycles. The SMILES string of the molecule is Clc1cc(CN2CCC3(CC2)CC(c2ccccc2)=NO3)cc(Br)c1Cl. The summed E-state index contributed by atoms with van der Waals surface area (Å²) in [5.74, 6) is 0. The Kier molecular flexibility index (Phi) is 5.29. The van der Waals surface area contributed by atoms with Crippen LogP contribution < -0.4 is 0 Å². The summed E-state index contributed by atoms with van der Waals surface area (Å²) in [7, 11) is 0. The van der Waals surface area contributed by atoms with E-state index >= 15 is 0 Å². The van der Waals surface area contributed by atoms with Gasteiger partial charge < -0.3 is 4.84 Å². The smallest absolute Gasteiger partial charge is 0.145 e. The lowest BCUT2D eigenvalue weighted by atomic mass is 9.85. The van der Waals surface area contributed by atoms with E-state index in [9.17, 15) is 0 Å². The second kappa shape index (κ2) is 7.51. The minimum atomic E-state index is -0.139. The first-order valence-corrected chi connectivity index (χ1v) is 10.3. The molecule has 1 saturated heterocycles. The largest absolute Gasteiger partial charge is 0.388 e. The maximum Gasteiger partial charge on any atom is 0.145 e. The van der Waals surface area contributed by atoms with Crippen molar-refractivity contribution in [2.75, 3.05) is 13.1 Å². The summed E-state index contributed by atoms with van der Waals surface area (Å²) >= 11 is 15.8. The van der Waals surface area contributed by atoms with Gasteiger partial charge in [0, 0.05) is 43.4 Å². The fourth-order valence-corrected chi connectivity index (χ4v) is 4.62. The number of rotatable bonds is 3. The predicted octanol–water partition coefficient (Wildman–Crippen LogP) is 5.92. The van der Waals surface area contributed by atoms with Crippen LogP contribution in [0.2, 0.25) is 10.0 Å². The highest BCUT2D eigenvalue weighted by atomic mass is 79.9. The van der Waals surface area contributed by atoms with Crippen LogP contribution in [0.25, 0.3) is 0 Å². The molecule has 1 fully saturated rings. The summed E-state index contributed by atoms with van der Waals surface area (Å²) in [5.41, 5.74) is 3.25. The molecular formula is C20H19BrCl2N2O. The molecule has 26 heavy (non-hydrogen) atoms. The summed E-state index contributed by atoms with van der Waals surface area (Å²) in [4.78, 5) is 8.35. The molecule has 0 bridgehead atoms. The van der Waals surface area contributed by atoms with Crippen molar-refractivity contribution in [3.63, 3.8) is 0 Å². The van der Waals surface area contributed by atoms with Crippen LogP contribution in [-0.2, 0) is 11.4 Å². The maximum atomic E-state index is 6.19. The number of piperidine rings is 1. The molecule has 2 aromatic rings. The van der Waals surface area contributed by atoms with Gasteiger partial charge in [-0.25, -0.2) is 0 Å². The van der Waals surface area contributed by atoms with Crippen molar-refractivity contribution in [3.8, 4) is 0 Å². The van der Waals surface area contributed by atoms with Crippen LogP contribution in [0.1, 0.15) is 30.4 Å². The van der Waals surface area contributed by atoms with Crippen LogP contribution in [0, 0.1) is 0 Å². The first-order chi connectivity index (χ1) is 12.5. The van der Waals surface area contributed by atoms with Crippen LogP contribution in [0.4, 0.5) is 0 Å². The van der Waals surface area contributed by atoms with Crippen molar-refractivity contribution >= 4 is 44.8 Å². The van der Waals surface area contributed by atoms with E-state index in [2.05, 4.69) is 38.1 Å². The Bertz CT molecular complexity index is 810. The molecule has 0 aromatic heterocycles. The average molecular weight is 454 g/mol. The van der Waals surface area contributed by atoms with Gasteiger partial charge in [-0.3, -0.25) is 4.90 Å². The molecule has 0 aliphatic carbocycles. The Balaban J connectivity index is 1.37. The second-order valence-electron chi connectivity index (χ2n) is 7.00. The Morgan fingerprint density at radius 1 is 1.12 bits per heavy atom. The highest BCUT2D eigenvalue weighted by Gasteiger charge is 2.42. The molecule has 6 heteroatoms. The molecular weight excluding hydrogens is 435 g/mol. The normalized spacial score (nSPS) is 19.4. The van der Waals surface area contributed by atoms with Gasteiger partial charge in [-0.05, 0) is 39.2 Å². The van der Waals surface area contributed by atoms with E-state index in [4.69, 9.17) is 28.0 Å². The minimum absolute atomic E-state index is 0.139. The van der Waals surface area contributed by atoms with E-state index in [0.29, 0.717) is 10.0 Å². The Hall–Kier alpha value is -1.07. The lowest BCUT2D eigenvalue weighted by Gasteiger charge is -2.37. The third-order valence-electron chi connectivity index (χ3n) is 5.16. The highest BCUT2D eigenvalue weighted by Crippen LogP contribution is 2.37. The fraction of sp³-hybridized carbons (Fsp3) is 0.350. The molecule has 2 heterocycles. The number of hydrogen-bond acceptors (Lipinski definition) is 3. The maximum absolute atomic E-state index is 6.19. The number of likely N-dealkylation sites (tertiary alicyclic amines) is 1. The van der Waals surface area contributed by atoms with Crippen molar-refractivity contribution in [2.45, 2.75) is 31.4 Å². The third kappa shape index (κ3) is 3.79. The third-order valence-corrected chi connectivity index (χ3v) is 6.82. The van der Waals surface area contributed by atoms with Crippen LogP contribution >= 0.6 is 39.1 Å². The van der Waals surface area contributed by atoms with Crippen molar-refractivity contribution in [1.82, 2.24) is 4.90 Å². The van der Waals surface area contributed by atoms with Gasteiger partial charge in [0.25, 0.3) is 0 Å². The van der Waals surface area contributed by atoms with Gasteiger partial charge in [0.15, 0.2) is 0 Å². The molecule has 0 saturated carbocycles. The zero-order valence-corrected chi connectivity index (χ0v) is 17.3. The second-order valence-corrected chi connectivity index (χ2v) is 8.64. The Labute approximate surface area is 172 Å². The van der Waals surface area contributed by atoms with Gasteiger partial charge in [0.05, 0.1) is 15.8 Å². The minimum Gasteiger partial charge on any atom is -0.388 e. The first-order valence-electron chi connectivity index (χ1n) is 8.71. The Morgan fingerprint density at radius 2 is 1.85 bits per heavy atom. The van der Waals surface area contributed by atoms with Crippen LogP contribution in [0.3, 0.4) is 0 Å². The number of halogens is 3. The summed E-state index contributed by atoms with van der Waals surface area (Å²) in [6.45, 7) is 2.82. The summed E-state index contributed by atoms with van der Waals surface area (Å²) in [5, 5.41) is 5.54. The monoisotopic (exact) mass is 452 g/mol. The number of hydrogen-bond donors (Lipinski definition) is 0. The van der Waals surface area contributed by atoms with Gasteiger partial charge in [-0.2, -0.15) is 0 Å². The summed E-state index contributed by atoms with van der Waals surface area (Å²) < 4.78 is 0.843. The molecule has 136 valence electrons. The van der Waals surface area contributed by atoms with E-state index in [0.717, 1.165) is 60.2 Å². The lowest BCUT2D eigenvalue weighted by Crippen LogP contribution is -2.44. The van der Waals surface area contributed by atoms with Crippen molar-refractivity contribution in [1.29, 1.82) is 0 Å². The molecule has 3 nitrogen and oxygen atoms in total.